The quantitative estimate of drug-likeness (QED) is 0.308. The lowest BCUT2D eigenvalue weighted by molar-refractivity contribution is -0.132. The summed E-state index contributed by atoms with van der Waals surface area (Å²) < 4.78 is 5.52. The molecule has 0 bridgehead atoms. The Kier molecular flexibility index (Phi) is 6.59. The maximum Gasteiger partial charge on any atom is 0.300 e. The number of amides is 1. The van der Waals surface area contributed by atoms with Crippen LogP contribution in [0.2, 0.25) is 0 Å². The minimum atomic E-state index is -0.807. The summed E-state index contributed by atoms with van der Waals surface area (Å²) in [6, 6.07) is 15.4. The van der Waals surface area contributed by atoms with Gasteiger partial charge in [-0.15, -0.1) is 0 Å². The van der Waals surface area contributed by atoms with E-state index in [-0.39, 0.29) is 16.7 Å². The number of aliphatic hydroxyl groups is 1. The molecule has 7 heteroatoms. The van der Waals surface area contributed by atoms with Crippen molar-refractivity contribution in [1.29, 1.82) is 0 Å². The second kappa shape index (κ2) is 9.49. The van der Waals surface area contributed by atoms with Crippen LogP contribution in [0.5, 0.6) is 5.75 Å². The third kappa shape index (κ3) is 4.44. The molecule has 0 radical (unpaired) electrons. The Hall–Kier alpha value is -4.13. The van der Waals surface area contributed by atoms with E-state index in [9.17, 15) is 14.7 Å². The minimum absolute atomic E-state index is 0.0351. The van der Waals surface area contributed by atoms with Crippen LogP contribution in [0.25, 0.3) is 5.76 Å². The highest BCUT2D eigenvalue weighted by atomic mass is 16.5. The Balaban J connectivity index is 1.92. The van der Waals surface area contributed by atoms with Crippen molar-refractivity contribution in [2.75, 3.05) is 31.0 Å². The average molecular weight is 486 g/mol. The molecule has 1 unspecified atom stereocenters. The van der Waals surface area contributed by atoms with E-state index < -0.39 is 17.7 Å². The van der Waals surface area contributed by atoms with Gasteiger partial charge in [-0.05, 0) is 65.6 Å². The summed E-state index contributed by atoms with van der Waals surface area (Å²) in [6.07, 6.45) is 3.21. The highest BCUT2D eigenvalue weighted by molar-refractivity contribution is 6.51. The lowest BCUT2D eigenvalue weighted by Gasteiger charge is -2.26. The first kappa shape index (κ1) is 25.0. The lowest BCUT2D eigenvalue weighted by Crippen LogP contribution is -2.29. The van der Waals surface area contributed by atoms with Crippen LogP contribution in [-0.2, 0) is 15.0 Å². The summed E-state index contributed by atoms with van der Waals surface area (Å²) in [5.74, 6) is -0.971. The maximum atomic E-state index is 13.4. The van der Waals surface area contributed by atoms with Gasteiger partial charge in [0.05, 0.1) is 18.7 Å². The maximum absolute atomic E-state index is 13.4. The number of hydrogen-bond donors (Lipinski definition) is 1. The van der Waals surface area contributed by atoms with E-state index in [0.717, 1.165) is 11.3 Å². The number of ketones is 1. The van der Waals surface area contributed by atoms with Crippen LogP contribution in [0, 0.1) is 0 Å². The van der Waals surface area contributed by atoms with Gasteiger partial charge in [0.2, 0.25) is 0 Å². The van der Waals surface area contributed by atoms with Crippen LogP contribution in [0.15, 0.2) is 72.6 Å². The number of rotatable bonds is 5. The molecule has 1 atom stereocenters. The molecule has 1 amide bonds. The SMILES string of the molecule is COc1ccc(/C(O)=C2/C(=O)C(=O)N(c3ccc(N(C)C)cc3)C2c2ccncc2)cc1C(C)(C)C. The summed E-state index contributed by atoms with van der Waals surface area (Å²) >= 11 is 0. The van der Waals surface area contributed by atoms with Gasteiger partial charge in [0.1, 0.15) is 11.5 Å². The Morgan fingerprint density at radius 1 is 1.00 bits per heavy atom. The number of aromatic nitrogens is 1. The molecule has 3 aromatic rings. The van der Waals surface area contributed by atoms with Gasteiger partial charge in [0, 0.05) is 49.0 Å². The van der Waals surface area contributed by atoms with Gasteiger partial charge in [-0.25, -0.2) is 0 Å². The molecule has 36 heavy (non-hydrogen) atoms. The second-order valence-electron chi connectivity index (χ2n) is 10.0. The molecule has 2 aromatic carbocycles. The van der Waals surface area contributed by atoms with Crippen LogP contribution < -0.4 is 14.5 Å². The van der Waals surface area contributed by atoms with Gasteiger partial charge >= 0.3 is 0 Å². The van der Waals surface area contributed by atoms with E-state index in [4.69, 9.17) is 4.74 Å². The van der Waals surface area contributed by atoms with Crippen LogP contribution in [0.4, 0.5) is 11.4 Å². The van der Waals surface area contributed by atoms with Crippen molar-refractivity contribution >= 4 is 28.8 Å². The summed E-state index contributed by atoms with van der Waals surface area (Å²) in [6.45, 7) is 6.13. The number of Topliss-reactive ketones (excluding diaryl/α,β-unsaturated/α-hetero) is 1. The number of methoxy groups -OCH3 is 1. The Bertz CT molecular complexity index is 1320. The molecule has 1 aliphatic heterocycles. The molecule has 1 aliphatic rings. The van der Waals surface area contributed by atoms with E-state index in [0.29, 0.717) is 22.6 Å². The number of carbonyl (C=O) groups is 2. The molecule has 1 aromatic heterocycles. The molecule has 1 fully saturated rings. The summed E-state index contributed by atoms with van der Waals surface area (Å²) in [5, 5.41) is 11.5. The van der Waals surface area contributed by atoms with Crippen molar-refractivity contribution in [1.82, 2.24) is 4.98 Å². The van der Waals surface area contributed by atoms with E-state index in [1.807, 2.05) is 58.0 Å². The molecular formula is C29H31N3O4. The fourth-order valence-electron chi connectivity index (χ4n) is 4.47. The fourth-order valence-corrected chi connectivity index (χ4v) is 4.47. The van der Waals surface area contributed by atoms with E-state index in [2.05, 4.69) is 4.98 Å². The minimum Gasteiger partial charge on any atom is -0.507 e. The van der Waals surface area contributed by atoms with E-state index >= 15 is 0 Å². The predicted molar refractivity (Wildman–Crippen MR) is 141 cm³/mol. The lowest BCUT2D eigenvalue weighted by atomic mass is 9.84. The largest absolute Gasteiger partial charge is 0.507 e. The van der Waals surface area contributed by atoms with Crippen LogP contribution in [0.3, 0.4) is 0 Å². The predicted octanol–water partition coefficient (Wildman–Crippen LogP) is 5.08. The zero-order valence-electron chi connectivity index (χ0n) is 21.4. The average Bonchev–Trinajstić information content (AvgIpc) is 3.13. The Labute approximate surface area is 211 Å². The molecule has 7 nitrogen and oxygen atoms in total. The molecule has 1 saturated heterocycles. The van der Waals surface area contributed by atoms with Gasteiger partial charge in [-0.2, -0.15) is 0 Å². The number of hydrogen-bond acceptors (Lipinski definition) is 6. The van der Waals surface area contributed by atoms with Crippen molar-refractivity contribution in [3.8, 4) is 5.75 Å². The molecule has 186 valence electrons. The van der Waals surface area contributed by atoms with Gasteiger partial charge in [0.25, 0.3) is 11.7 Å². The second-order valence-corrected chi connectivity index (χ2v) is 10.0. The summed E-state index contributed by atoms with van der Waals surface area (Å²) in [4.78, 5) is 34.3. The van der Waals surface area contributed by atoms with Crippen molar-refractivity contribution in [2.24, 2.45) is 0 Å². The van der Waals surface area contributed by atoms with Crippen LogP contribution in [0.1, 0.15) is 43.5 Å². The van der Waals surface area contributed by atoms with Crippen LogP contribution in [-0.4, -0.2) is 43.0 Å². The van der Waals surface area contributed by atoms with Gasteiger partial charge in [0.15, 0.2) is 0 Å². The fraction of sp³-hybridized carbons (Fsp3) is 0.276. The molecular weight excluding hydrogens is 454 g/mol. The monoisotopic (exact) mass is 485 g/mol. The number of nitrogens with zero attached hydrogens (tertiary/aromatic N) is 3. The third-order valence-corrected chi connectivity index (χ3v) is 6.39. The first-order valence-corrected chi connectivity index (χ1v) is 11.7. The highest BCUT2D eigenvalue weighted by Crippen LogP contribution is 2.43. The van der Waals surface area contributed by atoms with Gasteiger partial charge < -0.3 is 14.7 Å². The first-order chi connectivity index (χ1) is 17.0. The molecule has 1 N–H and O–H groups in total. The number of carbonyl (C=O) groups excluding carboxylic acids is 2. The Morgan fingerprint density at radius 2 is 1.64 bits per heavy atom. The molecule has 2 heterocycles. The zero-order valence-corrected chi connectivity index (χ0v) is 21.4. The van der Waals surface area contributed by atoms with Gasteiger partial charge in [-0.1, -0.05) is 20.8 Å². The molecule has 0 spiro atoms. The Morgan fingerprint density at radius 3 is 2.19 bits per heavy atom. The number of aliphatic hydroxyl groups excluding tert-OH is 1. The number of anilines is 2. The third-order valence-electron chi connectivity index (χ3n) is 6.39. The number of pyridine rings is 1. The van der Waals surface area contributed by atoms with Crippen molar-refractivity contribution in [3.05, 3.63) is 89.3 Å². The molecule has 0 aliphatic carbocycles. The molecule has 4 rings (SSSR count). The summed E-state index contributed by atoms with van der Waals surface area (Å²) in [7, 11) is 5.46. The standard InChI is InChI=1S/C29H31N3O4/c1-29(2,3)22-17-19(7-12-23(22)36-6)26(33)24-25(18-13-15-30-16-14-18)32(28(35)27(24)34)21-10-8-20(9-11-21)31(4)5/h7-17,25,33H,1-6H3/b26-24-. The van der Waals surface area contributed by atoms with Crippen molar-refractivity contribution in [3.63, 3.8) is 0 Å². The highest BCUT2D eigenvalue weighted by Gasteiger charge is 2.47. The zero-order chi connectivity index (χ0) is 26.2. The van der Waals surface area contributed by atoms with Crippen molar-refractivity contribution < 1.29 is 19.4 Å². The van der Waals surface area contributed by atoms with E-state index in [1.54, 1.807) is 55.9 Å². The van der Waals surface area contributed by atoms with Gasteiger partial charge in [-0.3, -0.25) is 19.5 Å². The van der Waals surface area contributed by atoms with Crippen molar-refractivity contribution in [2.45, 2.75) is 32.2 Å². The van der Waals surface area contributed by atoms with E-state index in [1.165, 1.54) is 4.90 Å². The summed E-state index contributed by atoms with van der Waals surface area (Å²) in [5.41, 5.74) is 3.29. The topological polar surface area (TPSA) is 83.0 Å². The molecule has 0 saturated carbocycles. The number of ether oxygens (including phenoxy) is 1. The first-order valence-electron chi connectivity index (χ1n) is 11.7. The van der Waals surface area contributed by atoms with Crippen LogP contribution >= 0.6 is 0 Å². The smallest absolute Gasteiger partial charge is 0.300 e. The number of benzene rings is 2. The normalized spacial score (nSPS) is 17.4.